The number of halogens is 1. The molecule has 0 unspecified atom stereocenters. The molecule has 2 amide bonds. The number of carboxylic acid groups (broad SMARTS) is 1. The van der Waals surface area contributed by atoms with Crippen LogP contribution in [0.1, 0.15) is 98.0 Å². The SMILES string of the molecule is CCCCCCCC[C@H](C)[C@H](CC(=O)N[C@@H](Cc1ccccc1Cl)C(=O)N[C@@H](C)C(=O)O)OC(=O)[C@H](N)[C@@H](C)CC. The summed E-state index contributed by atoms with van der Waals surface area (Å²) in [6, 6.07) is 3.88. The Labute approximate surface area is 250 Å². The first kappa shape index (κ1) is 36.4. The van der Waals surface area contributed by atoms with Gasteiger partial charge < -0.3 is 26.2 Å². The summed E-state index contributed by atoms with van der Waals surface area (Å²) >= 11 is 6.30. The van der Waals surface area contributed by atoms with Gasteiger partial charge in [-0.1, -0.05) is 102 Å². The third kappa shape index (κ3) is 13.7. The molecule has 0 aliphatic heterocycles. The molecule has 0 fully saturated rings. The highest BCUT2D eigenvalue weighted by atomic mass is 35.5. The van der Waals surface area contributed by atoms with Crippen LogP contribution in [0.15, 0.2) is 24.3 Å². The lowest BCUT2D eigenvalue weighted by atomic mass is 9.93. The summed E-state index contributed by atoms with van der Waals surface area (Å²) < 4.78 is 5.81. The quantitative estimate of drug-likeness (QED) is 0.122. The van der Waals surface area contributed by atoms with Gasteiger partial charge in [-0.3, -0.25) is 19.2 Å². The molecule has 0 spiro atoms. The van der Waals surface area contributed by atoms with Crippen molar-refractivity contribution in [2.24, 2.45) is 17.6 Å². The summed E-state index contributed by atoms with van der Waals surface area (Å²) in [6.45, 7) is 9.29. The van der Waals surface area contributed by atoms with Gasteiger partial charge in [0.05, 0.1) is 6.42 Å². The van der Waals surface area contributed by atoms with E-state index in [0.717, 1.165) is 25.7 Å². The topological polar surface area (TPSA) is 148 Å². The van der Waals surface area contributed by atoms with Gasteiger partial charge >= 0.3 is 11.9 Å². The highest BCUT2D eigenvalue weighted by Crippen LogP contribution is 2.22. The third-order valence-electron chi connectivity index (χ3n) is 7.59. The van der Waals surface area contributed by atoms with E-state index in [4.69, 9.17) is 22.1 Å². The molecule has 0 saturated heterocycles. The minimum absolute atomic E-state index is 0.0558. The molecule has 41 heavy (non-hydrogen) atoms. The Morgan fingerprint density at radius 1 is 0.951 bits per heavy atom. The average molecular weight is 596 g/mol. The van der Waals surface area contributed by atoms with Crippen molar-refractivity contribution in [2.45, 2.75) is 123 Å². The maximum absolute atomic E-state index is 13.3. The number of hydrogen-bond donors (Lipinski definition) is 4. The van der Waals surface area contributed by atoms with Crippen molar-refractivity contribution >= 4 is 35.4 Å². The Balaban J connectivity index is 3.05. The summed E-state index contributed by atoms with van der Waals surface area (Å²) in [5.74, 6) is -3.08. The first-order chi connectivity index (χ1) is 19.4. The van der Waals surface area contributed by atoms with Crippen LogP contribution in [0.2, 0.25) is 5.02 Å². The van der Waals surface area contributed by atoms with Gasteiger partial charge in [-0.2, -0.15) is 0 Å². The summed E-state index contributed by atoms with van der Waals surface area (Å²) in [7, 11) is 0. The highest BCUT2D eigenvalue weighted by Gasteiger charge is 2.31. The van der Waals surface area contributed by atoms with E-state index >= 15 is 0 Å². The van der Waals surface area contributed by atoms with Crippen molar-refractivity contribution in [1.29, 1.82) is 0 Å². The number of unbranched alkanes of at least 4 members (excludes halogenated alkanes) is 5. The molecular formula is C31H50ClN3O6. The number of nitrogens with one attached hydrogen (secondary N) is 2. The highest BCUT2D eigenvalue weighted by molar-refractivity contribution is 6.31. The number of ether oxygens (including phenoxy) is 1. The van der Waals surface area contributed by atoms with Gasteiger partial charge in [0.15, 0.2) is 0 Å². The summed E-state index contributed by atoms with van der Waals surface area (Å²) in [5, 5.41) is 14.8. The molecule has 6 atom stereocenters. The van der Waals surface area contributed by atoms with Crippen LogP contribution in [-0.4, -0.2) is 53.1 Å². The lowest BCUT2D eigenvalue weighted by molar-refractivity contribution is -0.156. The second kappa shape index (κ2) is 19.5. The fourth-order valence-electron chi connectivity index (χ4n) is 4.41. The zero-order valence-corrected chi connectivity index (χ0v) is 26.0. The molecule has 1 aromatic carbocycles. The smallest absolute Gasteiger partial charge is 0.325 e. The Hall–Kier alpha value is -2.65. The molecule has 0 heterocycles. The maximum atomic E-state index is 13.3. The summed E-state index contributed by atoms with van der Waals surface area (Å²) in [5.41, 5.74) is 6.74. The van der Waals surface area contributed by atoms with Crippen LogP contribution in [0.25, 0.3) is 0 Å². The monoisotopic (exact) mass is 595 g/mol. The van der Waals surface area contributed by atoms with E-state index in [9.17, 15) is 24.3 Å². The molecule has 0 bridgehead atoms. The van der Waals surface area contributed by atoms with Crippen LogP contribution in [0.3, 0.4) is 0 Å². The molecule has 0 aliphatic rings. The fraction of sp³-hybridized carbons (Fsp3) is 0.677. The molecule has 5 N–H and O–H groups in total. The van der Waals surface area contributed by atoms with E-state index < -0.39 is 48.0 Å². The van der Waals surface area contributed by atoms with E-state index in [-0.39, 0.29) is 24.7 Å². The van der Waals surface area contributed by atoms with Crippen LogP contribution in [0.4, 0.5) is 0 Å². The van der Waals surface area contributed by atoms with Gasteiger partial charge in [-0.15, -0.1) is 0 Å². The van der Waals surface area contributed by atoms with Crippen molar-refractivity contribution in [2.75, 3.05) is 0 Å². The zero-order valence-electron chi connectivity index (χ0n) is 25.3. The Morgan fingerprint density at radius 2 is 1.59 bits per heavy atom. The lowest BCUT2D eigenvalue weighted by Crippen LogP contribution is -2.52. The number of carbonyl (C=O) groups excluding carboxylic acids is 3. The average Bonchev–Trinajstić information content (AvgIpc) is 2.93. The van der Waals surface area contributed by atoms with Crippen LogP contribution >= 0.6 is 11.6 Å². The summed E-state index contributed by atoms with van der Waals surface area (Å²) in [6.07, 6.45) is 7.36. The van der Waals surface area contributed by atoms with Crippen LogP contribution < -0.4 is 16.4 Å². The van der Waals surface area contributed by atoms with Gasteiger partial charge in [0.25, 0.3) is 0 Å². The first-order valence-corrected chi connectivity index (χ1v) is 15.3. The standard InChI is InChI=1S/C31H50ClN3O6/c1-6-8-9-10-11-12-15-21(4)26(41-31(40)28(33)20(3)7-2)19-27(36)35-25(29(37)34-22(5)30(38)39)18-23-16-13-14-17-24(23)32/h13-14,16-17,20-22,25-26,28H,6-12,15,18-19,33H2,1-5H3,(H,34,37)(H,35,36)(H,38,39)/t20-,21-,22-,25-,26-,28+/m0/s1. The van der Waals surface area contributed by atoms with Crippen molar-refractivity contribution in [3.8, 4) is 0 Å². The van der Waals surface area contributed by atoms with E-state index in [1.54, 1.807) is 24.3 Å². The molecule has 0 aromatic heterocycles. The molecule has 232 valence electrons. The molecule has 10 heteroatoms. The largest absolute Gasteiger partial charge is 0.480 e. The lowest BCUT2D eigenvalue weighted by Gasteiger charge is -2.27. The zero-order chi connectivity index (χ0) is 30.9. The number of benzene rings is 1. The predicted molar refractivity (Wildman–Crippen MR) is 161 cm³/mol. The number of aliphatic carboxylic acids is 1. The van der Waals surface area contributed by atoms with Crippen molar-refractivity contribution in [3.05, 3.63) is 34.9 Å². The van der Waals surface area contributed by atoms with Crippen molar-refractivity contribution in [3.63, 3.8) is 0 Å². The Bertz CT molecular complexity index is 975. The van der Waals surface area contributed by atoms with Gasteiger partial charge in [-0.25, -0.2) is 0 Å². The van der Waals surface area contributed by atoms with Gasteiger partial charge in [0.2, 0.25) is 11.8 Å². The normalized spacial score (nSPS) is 15.6. The molecule has 0 radical (unpaired) electrons. The maximum Gasteiger partial charge on any atom is 0.325 e. The molecule has 1 rings (SSSR count). The predicted octanol–water partition coefficient (Wildman–Crippen LogP) is 5.02. The molecule has 1 aromatic rings. The Kier molecular flexibility index (Phi) is 17.3. The van der Waals surface area contributed by atoms with E-state index in [1.807, 2.05) is 20.8 Å². The van der Waals surface area contributed by atoms with Gasteiger partial charge in [-0.05, 0) is 36.8 Å². The number of nitrogens with two attached hydrogens (primary N) is 1. The van der Waals surface area contributed by atoms with E-state index in [1.165, 1.54) is 26.2 Å². The molecule has 0 aliphatic carbocycles. The summed E-state index contributed by atoms with van der Waals surface area (Å²) in [4.78, 5) is 50.5. The van der Waals surface area contributed by atoms with Gasteiger partial charge in [0, 0.05) is 11.4 Å². The number of carboxylic acids is 1. The fourth-order valence-corrected chi connectivity index (χ4v) is 4.62. The third-order valence-corrected chi connectivity index (χ3v) is 7.96. The number of amides is 2. The second-order valence-corrected chi connectivity index (χ2v) is 11.5. The number of esters is 1. The van der Waals surface area contributed by atoms with Crippen molar-refractivity contribution < 1.29 is 29.0 Å². The van der Waals surface area contributed by atoms with Gasteiger partial charge in [0.1, 0.15) is 24.2 Å². The van der Waals surface area contributed by atoms with Crippen LogP contribution in [-0.2, 0) is 30.3 Å². The minimum Gasteiger partial charge on any atom is -0.480 e. The number of carbonyl (C=O) groups is 4. The second-order valence-electron chi connectivity index (χ2n) is 11.1. The molecule has 0 saturated carbocycles. The first-order valence-electron chi connectivity index (χ1n) is 14.9. The molecule has 9 nitrogen and oxygen atoms in total. The number of hydrogen-bond acceptors (Lipinski definition) is 6. The molecular weight excluding hydrogens is 546 g/mol. The van der Waals surface area contributed by atoms with Crippen LogP contribution in [0.5, 0.6) is 0 Å². The van der Waals surface area contributed by atoms with Crippen LogP contribution in [0, 0.1) is 11.8 Å². The van der Waals surface area contributed by atoms with E-state index in [0.29, 0.717) is 17.0 Å². The minimum atomic E-state index is -1.20. The Morgan fingerprint density at radius 3 is 2.20 bits per heavy atom. The number of rotatable bonds is 20. The van der Waals surface area contributed by atoms with Crippen molar-refractivity contribution in [1.82, 2.24) is 10.6 Å². The van der Waals surface area contributed by atoms with E-state index in [2.05, 4.69) is 17.6 Å².